The lowest BCUT2D eigenvalue weighted by Crippen LogP contribution is -2.20. The van der Waals surface area contributed by atoms with E-state index in [4.69, 9.17) is 15.6 Å². The van der Waals surface area contributed by atoms with Gasteiger partial charge >= 0.3 is 5.97 Å². The standard InChI is InChI=1S/C9H13N3O3/c10-7-5-12(11-8(7)9(13)14)6-1-3-15-4-2-6/h5-6H,1-4,10H2,(H,13,14). The normalized spacial score (nSPS) is 17.9. The van der Waals surface area contributed by atoms with Crippen molar-refractivity contribution in [2.45, 2.75) is 18.9 Å². The summed E-state index contributed by atoms with van der Waals surface area (Å²) in [6.07, 6.45) is 3.28. The second-order valence-electron chi connectivity index (χ2n) is 3.56. The second-order valence-corrected chi connectivity index (χ2v) is 3.56. The van der Waals surface area contributed by atoms with Gasteiger partial charge in [0.2, 0.25) is 0 Å². The van der Waals surface area contributed by atoms with E-state index in [1.807, 2.05) is 0 Å². The summed E-state index contributed by atoms with van der Waals surface area (Å²) >= 11 is 0. The number of nitrogen functional groups attached to an aromatic ring is 1. The molecule has 0 aromatic carbocycles. The van der Waals surface area contributed by atoms with Crippen molar-refractivity contribution >= 4 is 11.7 Å². The first-order valence-electron chi connectivity index (χ1n) is 4.84. The van der Waals surface area contributed by atoms with Crippen LogP contribution in [0.15, 0.2) is 6.20 Å². The molecule has 3 N–H and O–H groups in total. The van der Waals surface area contributed by atoms with Gasteiger partial charge in [-0.2, -0.15) is 5.10 Å². The fourth-order valence-corrected chi connectivity index (χ4v) is 1.71. The molecule has 0 unspecified atom stereocenters. The molecule has 1 aliphatic heterocycles. The minimum absolute atomic E-state index is 0.0681. The van der Waals surface area contributed by atoms with Crippen LogP contribution in [-0.2, 0) is 4.74 Å². The Kier molecular flexibility index (Phi) is 2.59. The Bertz CT molecular complexity index is 369. The van der Waals surface area contributed by atoms with E-state index in [1.165, 1.54) is 0 Å². The van der Waals surface area contributed by atoms with Crippen molar-refractivity contribution in [1.29, 1.82) is 0 Å². The van der Waals surface area contributed by atoms with Crippen LogP contribution in [-0.4, -0.2) is 34.1 Å². The predicted octanol–water partition coefficient (Wildman–Crippen LogP) is 0.515. The van der Waals surface area contributed by atoms with E-state index >= 15 is 0 Å². The van der Waals surface area contributed by atoms with Crippen LogP contribution in [0.1, 0.15) is 29.4 Å². The van der Waals surface area contributed by atoms with Crippen LogP contribution in [0, 0.1) is 0 Å². The van der Waals surface area contributed by atoms with Gasteiger partial charge in [-0.3, -0.25) is 4.68 Å². The number of rotatable bonds is 2. The Hall–Kier alpha value is -1.56. The van der Waals surface area contributed by atoms with Crippen LogP contribution >= 0.6 is 0 Å². The van der Waals surface area contributed by atoms with Crippen LogP contribution in [0.4, 0.5) is 5.69 Å². The number of ether oxygens (including phenoxy) is 1. The molecule has 1 aromatic rings. The molecule has 6 heteroatoms. The molecule has 1 saturated heterocycles. The van der Waals surface area contributed by atoms with Crippen LogP contribution in [0.3, 0.4) is 0 Å². The van der Waals surface area contributed by atoms with Crippen molar-refractivity contribution in [3.8, 4) is 0 Å². The summed E-state index contributed by atoms with van der Waals surface area (Å²) in [6.45, 7) is 1.37. The number of hydrogen-bond acceptors (Lipinski definition) is 4. The summed E-state index contributed by atoms with van der Waals surface area (Å²) in [5.74, 6) is -1.08. The van der Waals surface area contributed by atoms with Gasteiger partial charge < -0.3 is 15.6 Å². The number of aromatic nitrogens is 2. The second kappa shape index (κ2) is 3.90. The quantitative estimate of drug-likeness (QED) is 0.744. The highest BCUT2D eigenvalue weighted by atomic mass is 16.5. The van der Waals surface area contributed by atoms with E-state index in [2.05, 4.69) is 5.10 Å². The van der Waals surface area contributed by atoms with E-state index in [9.17, 15) is 4.79 Å². The van der Waals surface area contributed by atoms with Crippen molar-refractivity contribution in [2.75, 3.05) is 18.9 Å². The third-order valence-corrected chi connectivity index (χ3v) is 2.53. The molecule has 0 atom stereocenters. The number of anilines is 1. The Labute approximate surface area is 86.6 Å². The number of carboxylic acids is 1. The van der Waals surface area contributed by atoms with E-state index < -0.39 is 5.97 Å². The maximum atomic E-state index is 10.7. The Morgan fingerprint density at radius 1 is 1.60 bits per heavy atom. The molecule has 0 saturated carbocycles. The maximum Gasteiger partial charge on any atom is 0.358 e. The minimum atomic E-state index is -1.08. The first-order valence-corrected chi connectivity index (χ1v) is 4.84. The zero-order chi connectivity index (χ0) is 10.8. The van der Waals surface area contributed by atoms with Crippen molar-refractivity contribution in [1.82, 2.24) is 9.78 Å². The zero-order valence-electron chi connectivity index (χ0n) is 8.22. The monoisotopic (exact) mass is 211 g/mol. The summed E-state index contributed by atoms with van der Waals surface area (Å²) in [7, 11) is 0. The van der Waals surface area contributed by atoms with Crippen LogP contribution < -0.4 is 5.73 Å². The van der Waals surface area contributed by atoms with Crippen molar-refractivity contribution in [3.05, 3.63) is 11.9 Å². The van der Waals surface area contributed by atoms with Gasteiger partial charge in [-0.15, -0.1) is 0 Å². The summed E-state index contributed by atoms with van der Waals surface area (Å²) in [4.78, 5) is 10.7. The van der Waals surface area contributed by atoms with Gasteiger partial charge in [0.05, 0.1) is 11.7 Å². The lowest BCUT2D eigenvalue weighted by Gasteiger charge is -2.22. The number of carboxylic acid groups (broad SMARTS) is 1. The molecule has 1 fully saturated rings. The van der Waals surface area contributed by atoms with E-state index in [-0.39, 0.29) is 17.4 Å². The Morgan fingerprint density at radius 3 is 2.80 bits per heavy atom. The summed E-state index contributed by atoms with van der Waals surface area (Å²) < 4.78 is 6.86. The highest BCUT2D eigenvalue weighted by Crippen LogP contribution is 2.22. The molecule has 0 radical (unpaired) electrons. The van der Waals surface area contributed by atoms with Crippen molar-refractivity contribution in [3.63, 3.8) is 0 Å². The molecule has 2 heterocycles. The average Bonchev–Trinajstić information content (AvgIpc) is 2.62. The fourth-order valence-electron chi connectivity index (χ4n) is 1.71. The molecule has 1 aliphatic rings. The van der Waals surface area contributed by atoms with Gasteiger partial charge in [0.25, 0.3) is 0 Å². The van der Waals surface area contributed by atoms with E-state index in [1.54, 1.807) is 10.9 Å². The van der Waals surface area contributed by atoms with Gasteiger partial charge in [0.15, 0.2) is 5.69 Å². The zero-order valence-corrected chi connectivity index (χ0v) is 8.22. The highest BCUT2D eigenvalue weighted by molar-refractivity contribution is 5.91. The molecular formula is C9H13N3O3. The van der Waals surface area contributed by atoms with E-state index in [0.717, 1.165) is 12.8 Å². The highest BCUT2D eigenvalue weighted by Gasteiger charge is 2.20. The molecule has 1 aromatic heterocycles. The Balaban J connectivity index is 2.21. The molecule has 15 heavy (non-hydrogen) atoms. The van der Waals surface area contributed by atoms with Crippen LogP contribution in [0.2, 0.25) is 0 Å². The van der Waals surface area contributed by atoms with Crippen LogP contribution in [0.25, 0.3) is 0 Å². The van der Waals surface area contributed by atoms with Gasteiger partial charge in [0.1, 0.15) is 0 Å². The lowest BCUT2D eigenvalue weighted by molar-refractivity contribution is 0.0645. The van der Waals surface area contributed by atoms with Crippen molar-refractivity contribution < 1.29 is 14.6 Å². The Morgan fingerprint density at radius 2 is 2.27 bits per heavy atom. The number of carbonyl (C=O) groups is 1. The minimum Gasteiger partial charge on any atom is -0.476 e. The number of aromatic carboxylic acids is 1. The largest absolute Gasteiger partial charge is 0.476 e. The van der Waals surface area contributed by atoms with Gasteiger partial charge in [-0.1, -0.05) is 0 Å². The molecule has 0 aliphatic carbocycles. The molecule has 6 nitrogen and oxygen atoms in total. The molecular weight excluding hydrogens is 198 g/mol. The van der Waals surface area contributed by atoms with Gasteiger partial charge in [-0.05, 0) is 12.8 Å². The molecule has 0 bridgehead atoms. The van der Waals surface area contributed by atoms with Gasteiger partial charge in [0, 0.05) is 19.4 Å². The first kappa shape index (κ1) is 9.97. The smallest absolute Gasteiger partial charge is 0.358 e. The fraction of sp³-hybridized carbons (Fsp3) is 0.556. The third kappa shape index (κ3) is 1.94. The summed E-state index contributed by atoms with van der Waals surface area (Å²) in [5, 5.41) is 12.8. The average molecular weight is 211 g/mol. The molecule has 0 spiro atoms. The third-order valence-electron chi connectivity index (χ3n) is 2.53. The SMILES string of the molecule is Nc1cn(C2CCOCC2)nc1C(=O)O. The number of nitrogens with zero attached hydrogens (tertiary/aromatic N) is 2. The summed E-state index contributed by atoms with van der Waals surface area (Å²) in [5.41, 5.74) is 5.70. The maximum absolute atomic E-state index is 10.7. The van der Waals surface area contributed by atoms with Crippen molar-refractivity contribution in [2.24, 2.45) is 0 Å². The molecule has 0 amide bonds. The van der Waals surface area contributed by atoms with Gasteiger partial charge in [-0.25, -0.2) is 4.79 Å². The van der Waals surface area contributed by atoms with E-state index in [0.29, 0.717) is 13.2 Å². The topological polar surface area (TPSA) is 90.4 Å². The lowest BCUT2D eigenvalue weighted by atomic mass is 10.1. The predicted molar refractivity (Wildman–Crippen MR) is 52.7 cm³/mol. The first-order chi connectivity index (χ1) is 7.18. The van der Waals surface area contributed by atoms with Crippen LogP contribution in [0.5, 0.6) is 0 Å². The number of nitrogens with two attached hydrogens (primary N) is 1. The number of hydrogen-bond donors (Lipinski definition) is 2. The molecule has 82 valence electrons. The summed E-state index contributed by atoms with van der Waals surface area (Å²) in [6, 6.07) is 0.203. The molecule has 2 rings (SSSR count).